The van der Waals surface area contributed by atoms with Crippen molar-refractivity contribution < 1.29 is 9.84 Å². The molecule has 1 saturated carbocycles. The predicted molar refractivity (Wildman–Crippen MR) is 67.2 cm³/mol. The average molecular weight is 256 g/mol. The molecule has 1 aliphatic rings. The minimum absolute atomic E-state index is 0.0822. The fourth-order valence-electron chi connectivity index (χ4n) is 2.22. The summed E-state index contributed by atoms with van der Waals surface area (Å²) in [7, 11) is 0. The molecule has 0 saturated heterocycles. The van der Waals surface area contributed by atoms with Gasteiger partial charge in [-0.05, 0) is 18.8 Å². The van der Waals surface area contributed by atoms with E-state index in [9.17, 15) is 0 Å². The van der Waals surface area contributed by atoms with Crippen molar-refractivity contribution in [3.63, 3.8) is 0 Å². The molecule has 1 aromatic rings. The highest BCUT2D eigenvalue weighted by Gasteiger charge is 2.14. The van der Waals surface area contributed by atoms with Gasteiger partial charge in [-0.3, -0.25) is 0 Å². The molecule has 94 valence electrons. The maximum absolute atomic E-state index is 9.09. The first-order valence-electron chi connectivity index (χ1n) is 6.17. The SMILES string of the molecule is OCc1cc(OCC2CCCCC2)ncc1Cl. The average Bonchev–Trinajstić information content (AvgIpc) is 2.39. The Morgan fingerprint density at radius 1 is 1.35 bits per heavy atom. The van der Waals surface area contributed by atoms with Crippen LogP contribution < -0.4 is 4.74 Å². The number of halogens is 1. The Morgan fingerprint density at radius 2 is 2.12 bits per heavy atom. The van der Waals surface area contributed by atoms with Crippen LogP contribution in [0.1, 0.15) is 37.7 Å². The lowest BCUT2D eigenvalue weighted by Crippen LogP contribution is -2.15. The summed E-state index contributed by atoms with van der Waals surface area (Å²) in [6, 6.07) is 1.71. The second-order valence-corrected chi connectivity index (χ2v) is 4.99. The Kier molecular flexibility index (Phi) is 4.63. The summed E-state index contributed by atoms with van der Waals surface area (Å²) in [5, 5.41) is 9.58. The largest absolute Gasteiger partial charge is 0.477 e. The van der Waals surface area contributed by atoms with Gasteiger partial charge >= 0.3 is 0 Å². The van der Waals surface area contributed by atoms with E-state index in [1.54, 1.807) is 6.07 Å². The van der Waals surface area contributed by atoms with Crippen molar-refractivity contribution in [1.29, 1.82) is 0 Å². The molecular weight excluding hydrogens is 238 g/mol. The Labute approximate surface area is 107 Å². The predicted octanol–water partition coefficient (Wildman–Crippen LogP) is 3.19. The fraction of sp³-hybridized carbons (Fsp3) is 0.615. The van der Waals surface area contributed by atoms with Crippen molar-refractivity contribution in [2.75, 3.05) is 6.61 Å². The van der Waals surface area contributed by atoms with Crippen LogP contribution in [0.2, 0.25) is 5.02 Å². The van der Waals surface area contributed by atoms with Gasteiger partial charge in [0.1, 0.15) is 0 Å². The molecule has 0 atom stereocenters. The summed E-state index contributed by atoms with van der Waals surface area (Å²) in [6.07, 6.45) is 8.00. The zero-order chi connectivity index (χ0) is 12.1. The van der Waals surface area contributed by atoms with E-state index >= 15 is 0 Å². The van der Waals surface area contributed by atoms with E-state index in [1.165, 1.54) is 38.3 Å². The zero-order valence-corrected chi connectivity index (χ0v) is 10.6. The Morgan fingerprint density at radius 3 is 2.82 bits per heavy atom. The van der Waals surface area contributed by atoms with Crippen LogP contribution >= 0.6 is 11.6 Å². The van der Waals surface area contributed by atoms with Gasteiger partial charge in [-0.2, -0.15) is 0 Å². The van der Waals surface area contributed by atoms with Crippen molar-refractivity contribution >= 4 is 11.6 Å². The number of aliphatic hydroxyl groups is 1. The maximum atomic E-state index is 9.09. The van der Waals surface area contributed by atoms with Crippen LogP contribution in [0.3, 0.4) is 0 Å². The maximum Gasteiger partial charge on any atom is 0.213 e. The summed E-state index contributed by atoms with van der Waals surface area (Å²) in [4.78, 5) is 4.11. The molecule has 3 nitrogen and oxygen atoms in total. The number of hydrogen-bond donors (Lipinski definition) is 1. The van der Waals surface area contributed by atoms with Crippen molar-refractivity contribution in [2.24, 2.45) is 5.92 Å². The summed E-state index contributed by atoms with van der Waals surface area (Å²) >= 11 is 5.87. The standard InChI is InChI=1S/C13H18ClNO2/c14-12-7-15-13(6-11(12)8-16)17-9-10-4-2-1-3-5-10/h6-7,10,16H,1-5,8-9H2. The van der Waals surface area contributed by atoms with E-state index in [2.05, 4.69) is 4.98 Å². The first kappa shape index (κ1) is 12.7. The van der Waals surface area contributed by atoms with E-state index in [1.807, 2.05) is 0 Å². The molecule has 2 rings (SSSR count). The molecule has 0 spiro atoms. The van der Waals surface area contributed by atoms with E-state index in [0.717, 1.165) is 6.61 Å². The third-order valence-corrected chi connectivity index (χ3v) is 3.61. The smallest absolute Gasteiger partial charge is 0.213 e. The van der Waals surface area contributed by atoms with E-state index < -0.39 is 0 Å². The number of nitrogens with zero attached hydrogens (tertiary/aromatic N) is 1. The van der Waals surface area contributed by atoms with Gasteiger partial charge < -0.3 is 9.84 Å². The second-order valence-electron chi connectivity index (χ2n) is 4.59. The number of hydrogen-bond acceptors (Lipinski definition) is 3. The highest BCUT2D eigenvalue weighted by atomic mass is 35.5. The number of aromatic nitrogens is 1. The molecule has 1 aliphatic carbocycles. The molecule has 1 heterocycles. The molecule has 0 aromatic carbocycles. The monoisotopic (exact) mass is 255 g/mol. The van der Waals surface area contributed by atoms with E-state index in [0.29, 0.717) is 22.4 Å². The van der Waals surface area contributed by atoms with Crippen molar-refractivity contribution in [3.05, 3.63) is 22.8 Å². The highest BCUT2D eigenvalue weighted by Crippen LogP contribution is 2.25. The van der Waals surface area contributed by atoms with Crippen LogP contribution in [0.25, 0.3) is 0 Å². The minimum Gasteiger partial charge on any atom is -0.477 e. The van der Waals surface area contributed by atoms with E-state index in [-0.39, 0.29) is 6.61 Å². The topological polar surface area (TPSA) is 42.4 Å². The number of pyridine rings is 1. The van der Waals surface area contributed by atoms with Crippen LogP contribution in [0.4, 0.5) is 0 Å². The van der Waals surface area contributed by atoms with Crippen molar-refractivity contribution in [1.82, 2.24) is 4.98 Å². The lowest BCUT2D eigenvalue weighted by Gasteiger charge is -2.21. The summed E-state index contributed by atoms with van der Waals surface area (Å²) < 4.78 is 5.66. The quantitative estimate of drug-likeness (QED) is 0.899. The molecule has 1 fully saturated rings. The molecule has 0 radical (unpaired) electrons. The number of aliphatic hydroxyl groups excluding tert-OH is 1. The lowest BCUT2D eigenvalue weighted by atomic mass is 9.90. The molecule has 17 heavy (non-hydrogen) atoms. The van der Waals surface area contributed by atoms with E-state index in [4.69, 9.17) is 21.4 Å². The zero-order valence-electron chi connectivity index (χ0n) is 9.86. The van der Waals surface area contributed by atoms with Gasteiger partial charge in [0.05, 0.1) is 18.2 Å². The van der Waals surface area contributed by atoms with Crippen LogP contribution in [0.5, 0.6) is 5.88 Å². The molecule has 0 aliphatic heterocycles. The van der Waals surface area contributed by atoms with Crippen LogP contribution in [-0.4, -0.2) is 16.7 Å². The summed E-state index contributed by atoms with van der Waals surface area (Å²) in [6.45, 7) is 0.640. The molecule has 1 aromatic heterocycles. The molecule has 0 unspecified atom stereocenters. The van der Waals surface area contributed by atoms with Gasteiger partial charge in [0, 0.05) is 17.8 Å². The summed E-state index contributed by atoms with van der Waals surface area (Å²) in [5.74, 6) is 1.21. The Bertz CT molecular complexity index is 364. The third-order valence-electron chi connectivity index (χ3n) is 3.27. The third kappa shape index (κ3) is 3.58. The van der Waals surface area contributed by atoms with Crippen LogP contribution in [0.15, 0.2) is 12.3 Å². The number of ether oxygens (including phenoxy) is 1. The van der Waals surface area contributed by atoms with Gasteiger partial charge in [0.15, 0.2) is 0 Å². The fourth-order valence-corrected chi connectivity index (χ4v) is 2.38. The summed E-state index contributed by atoms with van der Waals surface area (Å²) in [5.41, 5.74) is 0.667. The van der Waals surface area contributed by atoms with Gasteiger partial charge in [-0.1, -0.05) is 30.9 Å². The molecular formula is C13H18ClNO2. The molecule has 0 amide bonds. The highest BCUT2D eigenvalue weighted by molar-refractivity contribution is 6.31. The van der Waals surface area contributed by atoms with Gasteiger partial charge in [0.2, 0.25) is 5.88 Å². The number of rotatable bonds is 4. The first-order valence-corrected chi connectivity index (χ1v) is 6.55. The molecule has 4 heteroatoms. The molecule has 1 N–H and O–H groups in total. The molecule has 0 bridgehead atoms. The normalized spacial score (nSPS) is 17.1. The first-order chi connectivity index (χ1) is 8.29. The van der Waals surface area contributed by atoms with Crippen LogP contribution in [-0.2, 0) is 6.61 Å². The van der Waals surface area contributed by atoms with Crippen LogP contribution in [0, 0.1) is 5.92 Å². The van der Waals surface area contributed by atoms with Gasteiger partial charge in [-0.15, -0.1) is 0 Å². The Balaban J connectivity index is 1.89. The van der Waals surface area contributed by atoms with Gasteiger partial charge in [-0.25, -0.2) is 4.98 Å². The second kappa shape index (κ2) is 6.22. The van der Waals surface area contributed by atoms with Crippen molar-refractivity contribution in [2.45, 2.75) is 38.7 Å². The Hall–Kier alpha value is -0.800. The minimum atomic E-state index is -0.0822. The van der Waals surface area contributed by atoms with Crippen molar-refractivity contribution in [3.8, 4) is 5.88 Å². The van der Waals surface area contributed by atoms with Gasteiger partial charge in [0.25, 0.3) is 0 Å². The lowest BCUT2D eigenvalue weighted by molar-refractivity contribution is 0.202.